The average molecular weight is 268 g/mol. The Morgan fingerprint density at radius 3 is 2.36 bits per heavy atom. The molecule has 14 heavy (non-hydrogen) atoms. The Bertz CT molecular complexity index is 192. The van der Waals surface area contributed by atoms with Gasteiger partial charge in [-0.1, -0.05) is 6.92 Å². The van der Waals surface area contributed by atoms with Crippen LogP contribution in [-0.4, -0.2) is 34.9 Å². The summed E-state index contributed by atoms with van der Waals surface area (Å²) < 4.78 is 0. The monoisotopic (exact) mass is 267 g/mol. The summed E-state index contributed by atoms with van der Waals surface area (Å²) in [6.07, 6.45) is 1.57. The van der Waals surface area contributed by atoms with Crippen molar-refractivity contribution in [1.29, 1.82) is 0 Å². The van der Waals surface area contributed by atoms with Gasteiger partial charge >= 0.3 is 5.97 Å². The van der Waals surface area contributed by atoms with Crippen molar-refractivity contribution in [3.8, 4) is 0 Å². The number of hydrogen-bond acceptors (Lipinski definition) is 3. The minimum Gasteiger partial charge on any atom is -0.481 e. The lowest BCUT2D eigenvalue weighted by atomic mass is 9.78. The van der Waals surface area contributed by atoms with Crippen LogP contribution < -0.4 is 5.32 Å². The molecular weight excluding hydrogens is 250 g/mol. The van der Waals surface area contributed by atoms with Crippen LogP contribution in [0.25, 0.3) is 0 Å². The van der Waals surface area contributed by atoms with Crippen LogP contribution in [0.2, 0.25) is 0 Å². The predicted octanol–water partition coefficient (Wildman–Crippen LogP) is 0.790. The molecule has 84 valence electrons. The molecule has 0 amide bonds. The smallest absolute Gasteiger partial charge is 0.309 e. The van der Waals surface area contributed by atoms with Crippen LogP contribution >= 0.6 is 17.0 Å². The van der Waals surface area contributed by atoms with Crippen molar-refractivity contribution in [1.82, 2.24) is 5.32 Å². The summed E-state index contributed by atoms with van der Waals surface area (Å²) in [7, 11) is 0. The summed E-state index contributed by atoms with van der Waals surface area (Å²) in [5, 5.41) is 22.1. The number of rotatable bonds is 3. The van der Waals surface area contributed by atoms with E-state index in [9.17, 15) is 9.90 Å². The summed E-state index contributed by atoms with van der Waals surface area (Å²) >= 11 is 0. The van der Waals surface area contributed by atoms with Crippen molar-refractivity contribution >= 4 is 23.0 Å². The van der Waals surface area contributed by atoms with Crippen LogP contribution in [-0.2, 0) is 4.79 Å². The number of nitrogens with one attached hydrogen (secondary N) is 1. The highest BCUT2D eigenvalue weighted by molar-refractivity contribution is 8.93. The molecule has 1 unspecified atom stereocenters. The van der Waals surface area contributed by atoms with Gasteiger partial charge in [-0.05, 0) is 32.4 Å². The van der Waals surface area contributed by atoms with Crippen LogP contribution in [0.4, 0.5) is 0 Å². The summed E-state index contributed by atoms with van der Waals surface area (Å²) in [6, 6.07) is 0. The SMILES string of the molecule is Br.CCC(C(=O)O)C1(O)CCNCC1. The van der Waals surface area contributed by atoms with E-state index in [2.05, 4.69) is 5.32 Å². The molecule has 0 aliphatic carbocycles. The molecule has 0 radical (unpaired) electrons. The Kier molecular flexibility index (Phi) is 5.63. The molecule has 0 aromatic rings. The standard InChI is InChI=1S/C9H17NO3.BrH/c1-2-7(8(11)12)9(13)3-5-10-6-4-9;/h7,10,13H,2-6H2,1H3,(H,11,12);1H. The molecule has 0 aromatic heterocycles. The Morgan fingerprint density at radius 1 is 1.50 bits per heavy atom. The molecule has 1 aliphatic heterocycles. The highest BCUT2D eigenvalue weighted by atomic mass is 79.9. The van der Waals surface area contributed by atoms with Crippen molar-refractivity contribution in [2.45, 2.75) is 31.8 Å². The zero-order chi connectivity index (χ0) is 9.90. The summed E-state index contributed by atoms with van der Waals surface area (Å²) in [6.45, 7) is 3.22. The maximum Gasteiger partial charge on any atom is 0.309 e. The van der Waals surface area contributed by atoms with E-state index >= 15 is 0 Å². The third kappa shape index (κ3) is 2.93. The average Bonchev–Trinajstić information content (AvgIpc) is 2.05. The van der Waals surface area contributed by atoms with E-state index in [-0.39, 0.29) is 17.0 Å². The van der Waals surface area contributed by atoms with Gasteiger partial charge in [0.25, 0.3) is 0 Å². The lowest BCUT2D eigenvalue weighted by Gasteiger charge is -2.36. The molecule has 0 aromatic carbocycles. The van der Waals surface area contributed by atoms with Gasteiger partial charge in [0, 0.05) is 0 Å². The first-order chi connectivity index (χ1) is 6.10. The number of carbonyl (C=O) groups is 1. The quantitative estimate of drug-likeness (QED) is 0.707. The first kappa shape index (κ1) is 13.9. The van der Waals surface area contributed by atoms with E-state index in [0.29, 0.717) is 32.4 Å². The molecule has 1 saturated heterocycles. The Morgan fingerprint density at radius 2 is 2.00 bits per heavy atom. The molecule has 4 nitrogen and oxygen atoms in total. The van der Waals surface area contributed by atoms with Crippen LogP contribution in [0.5, 0.6) is 0 Å². The Balaban J connectivity index is 0.00000169. The fraction of sp³-hybridized carbons (Fsp3) is 0.889. The summed E-state index contributed by atoms with van der Waals surface area (Å²) in [5.41, 5.74) is -0.994. The van der Waals surface area contributed by atoms with Gasteiger partial charge in [0.2, 0.25) is 0 Å². The van der Waals surface area contributed by atoms with Gasteiger partial charge in [0.1, 0.15) is 0 Å². The van der Waals surface area contributed by atoms with Gasteiger partial charge in [-0.25, -0.2) is 0 Å². The molecule has 1 fully saturated rings. The number of aliphatic hydroxyl groups is 1. The normalized spacial score (nSPS) is 22.1. The lowest BCUT2D eigenvalue weighted by Crippen LogP contribution is -2.49. The topological polar surface area (TPSA) is 69.6 Å². The third-order valence-electron chi connectivity index (χ3n) is 2.82. The number of carboxylic acid groups (broad SMARTS) is 1. The first-order valence-electron chi connectivity index (χ1n) is 4.76. The van der Waals surface area contributed by atoms with Crippen LogP contribution in [0, 0.1) is 5.92 Å². The van der Waals surface area contributed by atoms with Gasteiger partial charge in [0.15, 0.2) is 0 Å². The number of aliphatic carboxylic acids is 1. The Hall–Kier alpha value is -0.130. The number of halogens is 1. The van der Waals surface area contributed by atoms with Gasteiger partial charge in [-0.3, -0.25) is 4.79 Å². The highest BCUT2D eigenvalue weighted by Gasteiger charge is 2.40. The van der Waals surface area contributed by atoms with Crippen molar-refractivity contribution in [2.24, 2.45) is 5.92 Å². The first-order valence-corrected chi connectivity index (χ1v) is 4.76. The van der Waals surface area contributed by atoms with Gasteiger partial charge in [-0.15, -0.1) is 17.0 Å². The molecular formula is C9H18BrNO3. The lowest BCUT2D eigenvalue weighted by molar-refractivity contribution is -0.154. The molecule has 5 heteroatoms. The second kappa shape index (κ2) is 5.68. The second-order valence-corrected chi connectivity index (χ2v) is 3.65. The van der Waals surface area contributed by atoms with E-state index < -0.39 is 17.5 Å². The predicted molar refractivity (Wildman–Crippen MR) is 58.8 cm³/mol. The number of carboxylic acids is 1. The van der Waals surface area contributed by atoms with E-state index in [0.717, 1.165) is 0 Å². The Labute approximate surface area is 94.5 Å². The van der Waals surface area contributed by atoms with Crippen molar-refractivity contribution in [3.63, 3.8) is 0 Å². The van der Waals surface area contributed by atoms with Crippen LogP contribution in [0.3, 0.4) is 0 Å². The van der Waals surface area contributed by atoms with Gasteiger partial charge in [0.05, 0.1) is 11.5 Å². The fourth-order valence-electron chi connectivity index (χ4n) is 1.99. The third-order valence-corrected chi connectivity index (χ3v) is 2.82. The maximum atomic E-state index is 10.9. The number of piperidine rings is 1. The fourth-order valence-corrected chi connectivity index (χ4v) is 1.99. The zero-order valence-corrected chi connectivity index (χ0v) is 10.0. The largest absolute Gasteiger partial charge is 0.481 e. The maximum absolute atomic E-state index is 10.9. The van der Waals surface area contributed by atoms with E-state index in [1.54, 1.807) is 6.92 Å². The second-order valence-electron chi connectivity index (χ2n) is 3.65. The van der Waals surface area contributed by atoms with E-state index in [1.807, 2.05) is 0 Å². The molecule has 1 heterocycles. The van der Waals surface area contributed by atoms with Gasteiger partial charge < -0.3 is 15.5 Å². The van der Waals surface area contributed by atoms with Crippen molar-refractivity contribution in [2.75, 3.05) is 13.1 Å². The molecule has 0 bridgehead atoms. The molecule has 0 spiro atoms. The van der Waals surface area contributed by atoms with Crippen molar-refractivity contribution < 1.29 is 15.0 Å². The zero-order valence-electron chi connectivity index (χ0n) is 8.32. The minimum absolute atomic E-state index is 0. The van der Waals surface area contributed by atoms with Crippen LogP contribution in [0.1, 0.15) is 26.2 Å². The molecule has 3 N–H and O–H groups in total. The molecule has 1 rings (SSSR count). The highest BCUT2D eigenvalue weighted by Crippen LogP contribution is 2.29. The van der Waals surface area contributed by atoms with E-state index in [4.69, 9.17) is 5.11 Å². The molecule has 1 atom stereocenters. The summed E-state index contributed by atoms with van der Waals surface area (Å²) in [4.78, 5) is 10.9. The minimum atomic E-state index is -0.994. The van der Waals surface area contributed by atoms with Crippen LogP contribution in [0.15, 0.2) is 0 Å². The molecule has 1 aliphatic rings. The van der Waals surface area contributed by atoms with Gasteiger partial charge in [-0.2, -0.15) is 0 Å². The van der Waals surface area contributed by atoms with Crippen molar-refractivity contribution in [3.05, 3.63) is 0 Å². The van der Waals surface area contributed by atoms with E-state index in [1.165, 1.54) is 0 Å². The summed E-state index contributed by atoms with van der Waals surface area (Å²) in [5.74, 6) is -1.50. The molecule has 0 saturated carbocycles. The number of hydrogen-bond donors (Lipinski definition) is 3.